The molecule has 0 saturated heterocycles. The van der Waals surface area contributed by atoms with Gasteiger partial charge in [-0.25, -0.2) is 19.2 Å². The summed E-state index contributed by atoms with van der Waals surface area (Å²) in [5, 5.41) is 78.4. The summed E-state index contributed by atoms with van der Waals surface area (Å²) in [6, 6.07) is 11.0. The van der Waals surface area contributed by atoms with Gasteiger partial charge in [0.2, 0.25) is 0 Å². The average molecular weight is 679 g/mol. The number of aliphatic hydroxyl groups is 1. The third-order valence-corrected chi connectivity index (χ3v) is 7.23. The molecule has 256 valence electrons. The van der Waals surface area contributed by atoms with Crippen LogP contribution in [0.1, 0.15) is 29.5 Å². The molecule has 49 heavy (non-hydrogen) atoms. The number of benzene rings is 3. The molecule has 3 aromatic rings. The maximum atomic E-state index is 12.9. The van der Waals surface area contributed by atoms with Crippen molar-refractivity contribution >= 4 is 42.1 Å². The van der Waals surface area contributed by atoms with E-state index in [9.17, 15) is 60.0 Å². The molecule has 4 atom stereocenters. The summed E-state index contributed by atoms with van der Waals surface area (Å²) in [6.45, 7) is 0. The molecule has 8 N–H and O–H groups in total. The Morgan fingerprint density at radius 3 is 1.18 bits per heavy atom. The van der Waals surface area contributed by atoms with Crippen molar-refractivity contribution in [2.75, 3.05) is 0 Å². The monoisotopic (exact) mass is 678 g/mol. The summed E-state index contributed by atoms with van der Waals surface area (Å²) >= 11 is 0. The van der Waals surface area contributed by atoms with Crippen LogP contribution in [0.25, 0.3) is 18.2 Å². The van der Waals surface area contributed by atoms with Crippen LogP contribution in [0, 0.1) is 0 Å². The van der Waals surface area contributed by atoms with E-state index in [1.54, 1.807) is 0 Å². The summed E-state index contributed by atoms with van der Waals surface area (Å²) < 4.78 is 16.3. The number of phenols is 6. The highest BCUT2D eigenvalue weighted by Gasteiger charge is 2.54. The molecular weight excluding hydrogens is 648 g/mol. The second kappa shape index (κ2) is 15.0. The van der Waals surface area contributed by atoms with Gasteiger partial charge in [-0.1, -0.05) is 18.2 Å². The standard InChI is InChI=1S/C34H30O15/c35-21-7-1-18(13-24(21)38)4-10-29(41)47-27-16-34(46,33(44)45)17-28(48-30(42)11-5-19-2-8-22(36)25(39)14-19)32(27)49-31(43)12-6-20-3-9-23(37)26(40)15-20/h1-15,27-28,32,35-40,46H,16-17H2,(H,44,45)/b10-4+,11-5+,12-6+/t27-,28?,32?,34?/m1/s1. The van der Waals surface area contributed by atoms with Crippen LogP contribution in [0.2, 0.25) is 0 Å². The highest BCUT2D eigenvalue weighted by molar-refractivity contribution is 5.89. The Morgan fingerprint density at radius 1 is 0.551 bits per heavy atom. The molecule has 15 heteroatoms. The first-order valence-corrected chi connectivity index (χ1v) is 14.3. The molecule has 3 unspecified atom stereocenters. The van der Waals surface area contributed by atoms with E-state index in [2.05, 4.69) is 0 Å². The Balaban J connectivity index is 1.62. The van der Waals surface area contributed by atoms with Crippen molar-refractivity contribution in [2.24, 2.45) is 0 Å². The Labute approximate surface area is 277 Å². The number of phenolic OH excluding ortho intramolecular Hbond substituents is 6. The van der Waals surface area contributed by atoms with Crippen LogP contribution in [0.5, 0.6) is 34.5 Å². The van der Waals surface area contributed by atoms with Crippen molar-refractivity contribution in [3.8, 4) is 34.5 Å². The van der Waals surface area contributed by atoms with Gasteiger partial charge in [-0.2, -0.15) is 0 Å². The molecule has 0 aliphatic heterocycles. The zero-order chi connectivity index (χ0) is 35.9. The second-order valence-electron chi connectivity index (χ2n) is 10.8. The number of hydrogen-bond acceptors (Lipinski definition) is 14. The number of rotatable bonds is 10. The van der Waals surface area contributed by atoms with Crippen molar-refractivity contribution in [2.45, 2.75) is 36.8 Å². The third-order valence-electron chi connectivity index (χ3n) is 7.23. The van der Waals surface area contributed by atoms with E-state index >= 15 is 0 Å². The topological polar surface area (TPSA) is 258 Å². The Bertz CT molecular complexity index is 1760. The smallest absolute Gasteiger partial charge is 0.335 e. The highest BCUT2D eigenvalue weighted by atomic mass is 16.6. The predicted molar refractivity (Wildman–Crippen MR) is 168 cm³/mol. The van der Waals surface area contributed by atoms with Crippen molar-refractivity contribution in [3.05, 3.63) is 89.5 Å². The number of ether oxygens (including phenoxy) is 3. The fraction of sp³-hybridized carbons (Fsp3) is 0.176. The molecule has 1 saturated carbocycles. The number of aliphatic carboxylic acids is 1. The second-order valence-corrected chi connectivity index (χ2v) is 10.8. The van der Waals surface area contributed by atoms with Crippen molar-refractivity contribution in [1.29, 1.82) is 0 Å². The molecule has 0 radical (unpaired) electrons. The molecule has 0 spiro atoms. The highest BCUT2D eigenvalue weighted by Crippen LogP contribution is 2.36. The number of esters is 3. The lowest BCUT2D eigenvalue weighted by Gasteiger charge is -2.41. The lowest BCUT2D eigenvalue weighted by Crippen LogP contribution is -2.59. The molecule has 0 aromatic heterocycles. The summed E-state index contributed by atoms with van der Waals surface area (Å²) in [4.78, 5) is 50.8. The molecule has 0 bridgehead atoms. The number of carbonyl (C=O) groups is 4. The fourth-order valence-corrected chi connectivity index (χ4v) is 4.74. The first-order chi connectivity index (χ1) is 23.1. The Kier molecular flexibility index (Phi) is 10.8. The van der Waals surface area contributed by atoms with E-state index in [-0.39, 0.29) is 16.7 Å². The van der Waals surface area contributed by atoms with E-state index in [1.165, 1.54) is 42.5 Å². The van der Waals surface area contributed by atoms with Gasteiger partial charge in [-0.05, 0) is 71.3 Å². The average Bonchev–Trinajstić information content (AvgIpc) is 3.04. The third kappa shape index (κ3) is 9.30. The largest absolute Gasteiger partial charge is 0.504 e. The van der Waals surface area contributed by atoms with Crippen molar-refractivity contribution < 1.29 is 74.2 Å². The minimum absolute atomic E-state index is 0.256. The minimum atomic E-state index is -2.63. The maximum Gasteiger partial charge on any atom is 0.335 e. The molecular formula is C34H30O15. The fourth-order valence-electron chi connectivity index (χ4n) is 4.74. The van der Waals surface area contributed by atoms with Crippen molar-refractivity contribution in [3.63, 3.8) is 0 Å². The molecule has 3 aromatic carbocycles. The van der Waals surface area contributed by atoms with Crippen LogP contribution in [-0.2, 0) is 33.4 Å². The SMILES string of the molecule is O=C(/C=C/c1ccc(O)c(O)c1)OC1CC(O)(C(=O)O)C[C@@H](OC(=O)/C=C/c2ccc(O)c(O)c2)C1OC(=O)/C=C/c1ccc(O)c(O)c1. The van der Waals surface area contributed by atoms with Gasteiger partial charge in [-0.3, -0.25) is 0 Å². The zero-order valence-corrected chi connectivity index (χ0v) is 25.2. The molecule has 1 fully saturated rings. The van der Waals surface area contributed by atoms with E-state index < -0.39 is 95.1 Å². The van der Waals surface area contributed by atoms with E-state index in [4.69, 9.17) is 14.2 Å². The minimum Gasteiger partial charge on any atom is -0.504 e. The number of hydrogen-bond donors (Lipinski definition) is 8. The van der Waals surface area contributed by atoms with Crippen LogP contribution >= 0.6 is 0 Å². The number of aromatic hydroxyl groups is 6. The van der Waals surface area contributed by atoms with Gasteiger partial charge >= 0.3 is 23.9 Å². The molecule has 0 amide bonds. The van der Waals surface area contributed by atoms with Gasteiger partial charge in [0.25, 0.3) is 0 Å². The Hall–Kier alpha value is -6.48. The summed E-state index contributed by atoms with van der Waals surface area (Å²) in [6.07, 6.45) is -0.436. The van der Waals surface area contributed by atoms with Gasteiger partial charge < -0.3 is 55.1 Å². The normalized spacial score (nSPS) is 20.7. The zero-order valence-electron chi connectivity index (χ0n) is 25.2. The lowest BCUT2D eigenvalue weighted by atomic mass is 9.79. The molecule has 1 aliphatic rings. The van der Waals surface area contributed by atoms with Gasteiger partial charge in [0, 0.05) is 31.1 Å². The number of carboxylic acids is 1. The summed E-state index contributed by atoms with van der Waals surface area (Å²) in [5.41, 5.74) is -1.85. The van der Waals surface area contributed by atoms with E-state index in [0.29, 0.717) is 0 Å². The summed E-state index contributed by atoms with van der Waals surface area (Å²) in [5.74, 6) is -7.71. The van der Waals surface area contributed by atoms with Gasteiger partial charge in [-0.15, -0.1) is 0 Å². The predicted octanol–water partition coefficient (Wildman–Crippen LogP) is 2.71. The first kappa shape index (κ1) is 35.4. The number of carbonyl (C=O) groups excluding carboxylic acids is 3. The Morgan fingerprint density at radius 2 is 0.878 bits per heavy atom. The lowest BCUT2D eigenvalue weighted by molar-refractivity contribution is -0.211. The van der Waals surface area contributed by atoms with E-state index in [1.807, 2.05) is 0 Å². The quantitative estimate of drug-likeness (QED) is 0.0664. The van der Waals surface area contributed by atoms with Crippen LogP contribution in [-0.4, -0.2) is 88.6 Å². The van der Waals surface area contributed by atoms with Crippen LogP contribution in [0.4, 0.5) is 0 Å². The van der Waals surface area contributed by atoms with Gasteiger partial charge in [0.1, 0.15) is 12.2 Å². The molecule has 15 nitrogen and oxygen atoms in total. The molecule has 0 heterocycles. The van der Waals surface area contributed by atoms with Crippen LogP contribution in [0.15, 0.2) is 72.8 Å². The van der Waals surface area contributed by atoms with Gasteiger partial charge in [0.05, 0.1) is 0 Å². The summed E-state index contributed by atoms with van der Waals surface area (Å²) in [7, 11) is 0. The molecule has 1 aliphatic carbocycles. The van der Waals surface area contributed by atoms with Crippen LogP contribution < -0.4 is 0 Å². The number of carboxylic acid groups (broad SMARTS) is 1. The van der Waals surface area contributed by atoms with Gasteiger partial charge in [0.15, 0.2) is 46.2 Å². The first-order valence-electron chi connectivity index (χ1n) is 14.3. The maximum absolute atomic E-state index is 12.9. The van der Waals surface area contributed by atoms with Crippen LogP contribution in [0.3, 0.4) is 0 Å². The van der Waals surface area contributed by atoms with Crippen molar-refractivity contribution in [1.82, 2.24) is 0 Å². The van der Waals surface area contributed by atoms with E-state index in [0.717, 1.165) is 48.6 Å². The molecule has 4 rings (SSSR count).